The van der Waals surface area contributed by atoms with Crippen molar-refractivity contribution in [2.24, 2.45) is 0 Å². The molecule has 4 nitrogen and oxygen atoms in total. The molecule has 2 N–H and O–H groups in total. The van der Waals surface area contributed by atoms with E-state index in [2.05, 4.69) is 15.2 Å². The van der Waals surface area contributed by atoms with Crippen LogP contribution in [-0.2, 0) is 0 Å². The zero-order valence-corrected chi connectivity index (χ0v) is 10.6. The molecule has 0 bridgehead atoms. The number of likely N-dealkylation sites (N-methyl/N-ethyl adjacent to an activating group) is 1. The van der Waals surface area contributed by atoms with E-state index in [0.717, 1.165) is 30.9 Å². The second-order valence-corrected chi connectivity index (χ2v) is 4.66. The molecule has 2 rings (SSSR count). The monoisotopic (exact) mass is 235 g/mol. The van der Waals surface area contributed by atoms with Crippen molar-refractivity contribution in [3.63, 3.8) is 0 Å². The van der Waals surface area contributed by atoms with E-state index >= 15 is 0 Å². The molecule has 17 heavy (non-hydrogen) atoms. The van der Waals surface area contributed by atoms with Gasteiger partial charge in [-0.05, 0) is 25.0 Å². The summed E-state index contributed by atoms with van der Waals surface area (Å²) in [5.74, 6) is 1.78. The van der Waals surface area contributed by atoms with Crippen LogP contribution in [0.15, 0.2) is 18.2 Å². The lowest BCUT2D eigenvalue weighted by molar-refractivity contribution is 0.106. The number of anilines is 2. The summed E-state index contributed by atoms with van der Waals surface area (Å²) in [6.07, 6.45) is 4.05. The molecule has 0 radical (unpaired) electrons. The van der Waals surface area contributed by atoms with Gasteiger partial charge in [-0.15, -0.1) is 0 Å². The van der Waals surface area contributed by atoms with Crippen molar-refractivity contribution in [2.75, 3.05) is 24.3 Å². The van der Waals surface area contributed by atoms with E-state index in [1.807, 2.05) is 32.3 Å². The van der Waals surface area contributed by atoms with Gasteiger partial charge < -0.3 is 15.3 Å². The molecule has 0 spiro atoms. The number of pyridine rings is 1. The maximum absolute atomic E-state index is 10.0. The molecule has 1 aromatic rings. The average Bonchev–Trinajstić information content (AvgIpc) is 2.38. The summed E-state index contributed by atoms with van der Waals surface area (Å²) in [7, 11) is 3.88. The fourth-order valence-electron chi connectivity index (χ4n) is 2.47. The van der Waals surface area contributed by atoms with Crippen LogP contribution in [0.4, 0.5) is 11.6 Å². The maximum Gasteiger partial charge on any atom is 0.131 e. The molecule has 0 amide bonds. The Morgan fingerprint density at radius 1 is 1.35 bits per heavy atom. The summed E-state index contributed by atoms with van der Waals surface area (Å²) in [6.45, 7) is 0. The van der Waals surface area contributed by atoms with E-state index in [1.54, 1.807) is 0 Å². The van der Waals surface area contributed by atoms with Crippen LogP contribution in [0.5, 0.6) is 0 Å². The summed E-state index contributed by atoms with van der Waals surface area (Å²) in [5, 5.41) is 13.1. The molecule has 0 aromatic carbocycles. The van der Waals surface area contributed by atoms with E-state index in [9.17, 15) is 5.11 Å². The molecule has 4 heteroatoms. The quantitative estimate of drug-likeness (QED) is 0.839. The minimum atomic E-state index is -0.228. The first kappa shape index (κ1) is 12.2. The normalized spacial score (nSPS) is 24.4. The Labute approximate surface area is 103 Å². The fraction of sp³-hybridized carbons (Fsp3) is 0.615. The van der Waals surface area contributed by atoms with Crippen molar-refractivity contribution >= 4 is 11.6 Å². The van der Waals surface area contributed by atoms with E-state index in [1.165, 1.54) is 6.42 Å². The van der Waals surface area contributed by atoms with Crippen LogP contribution in [0, 0.1) is 0 Å². The lowest BCUT2D eigenvalue weighted by atomic mass is 9.91. The van der Waals surface area contributed by atoms with Crippen LogP contribution < -0.4 is 10.2 Å². The van der Waals surface area contributed by atoms with Gasteiger partial charge in [0.05, 0.1) is 12.1 Å². The van der Waals surface area contributed by atoms with Crippen LogP contribution in [0.25, 0.3) is 0 Å². The first-order valence-corrected chi connectivity index (χ1v) is 6.28. The Morgan fingerprint density at radius 2 is 2.12 bits per heavy atom. The number of aliphatic hydroxyl groups is 1. The van der Waals surface area contributed by atoms with Gasteiger partial charge in [0.25, 0.3) is 0 Å². The number of nitrogens with one attached hydrogen (secondary N) is 1. The molecule has 1 saturated carbocycles. The van der Waals surface area contributed by atoms with E-state index in [4.69, 9.17) is 0 Å². The van der Waals surface area contributed by atoms with Crippen molar-refractivity contribution in [2.45, 2.75) is 37.8 Å². The van der Waals surface area contributed by atoms with E-state index in [-0.39, 0.29) is 12.1 Å². The summed E-state index contributed by atoms with van der Waals surface area (Å²) in [6, 6.07) is 6.11. The van der Waals surface area contributed by atoms with Gasteiger partial charge in [0.15, 0.2) is 0 Å². The minimum Gasteiger partial charge on any atom is -0.391 e. The predicted octanol–water partition coefficient (Wildman–Crippen LogP) is 1.86. The highest BCUT2D eigenvalue weighted by Crippen LogP contribution is 2.25. The van der Waals surface area contributed by atoms with Gasteiger partial charge in [-0.2, -0.15) is 0 Å². The first-order chi connectivity index (χ1) is 8.22. The summed E-state index contributed by atoms with van der Waals surface area (Å²) < 4.78 is 0. The van der Waals surface area contributed by atoms with Crippen LogP contribution >= 0.6 is 0 Å². The molecular weight excluding hydrogens is 214 g/mol. The number of rotatable bonds is 3. The number of hydrogen-bond donors (Lipinski definition) is 2. The van der Waals surface area contributed by atoms with Crippen molar-refractivity contribution in [1.29, 1.82) is 0 Å². The van der Waals surface area contributed by atoms with Crippen molar-refractivity contribution in [3.8, 4) is 0 Å². The molecular formula is C13H21N3O. The Morgan fingerprint density at radius 3 is 2.82 bits per heavy atom. The fourth-order valence-corrected chi connectivity index (χ4v) is 2.47. The molecule has 1 fully saturated rings. The van der Waals surface area contributed by atoms with Crippen LogP contribution in [0.3, 0.4) is 0 Å². The van der Waals surface area contributed by atoms with Crippen LogP contribution in [0.2, 0.25) is 0 Å². The number of hydrogen-bond acceptors (Lipinski definition) is 4. The summed E-state index contributed by atoms with van der Waals surface area (Å²) in [4.78, 5) is 6.61. The van der Waals surface area contributed by atoms with Gasteiger partial charge in [0.1, 0.15) is 11.6 Å². The van der Waals surface area contributed by atoms with E-state index < -0.39 is 0 Å². The number of nitrogens with zero attached hydrogens (tertiary/aromatic N) is 2. The molecule has 1 aliphatic carbocycles. The van der Waals surface area contributed by atoms with Gasteiger partial charge in [-0.25, -0.2) is 4.98 Å². The van der Waals surface area contributed by atoms with Crippen molar-refractivity contribution in [1.82, 2.24) is 4.98 Å². The smallest absolute Gasteiger partial charge is 0.131 e. The molecule has 0 aliphatic heterocycles. The van der Waals surface area contributed by atoms with Gasteiger partial charge in [-0.1, -0.05) is 18.9 Å². The Kier molecular flexibility index (Phi) is 3.84. The minimum absolute atomic E-state index is 0.198. The number of aliphatic hydroxyl groups excluding tert-OH is 1. The predicted molar refractivity (Wildman–Crippen MR) is 70.4 cm³/mol. The zero-order valence-electron chi connectivity index (χ0n) is 10.6. The standard InChI is InChI=1S/C13H21N3O/c1-14-12-8-5-9-13(15-12)16(2)10-6-3-4-7-11(10)17/h5,8-11,17H,3-4,6-7H2,1-2H3,(H,14,15). The molecule has 1 aliphatic rings. The van der Waals surface area contributed by atoms with Gasteiger partial charge in [0, 0.05) is 14.1 Å². The second-order valence-electron chi connectivity index (χ2n) is 4.66. The average molecular weight is 235 g/mol. The van der Waals surface area contributed by atoms with Gasteiger partial charge >= 0.3 is 0 Å². The first-order valence-electron chi connectivity index (χ1n) is 6.28. The van der Waals surface area contributed by atoms with Crippen LogP contribution in [-0.4, -0.2) is 36.3 Å². The summed E-state index contributed by atoms with van der Waals surface area (Å²) in [5.41, 5.74) is 0. The SMILES string of the molecule is CNc1cccc(N(C)C2CCCCC2O)n1. The lowest BCUT2D eigenvalue weighted by Gasteiger charge is -2.36. The number of aromatic nitrogens is 1. The Hall–Kier alpha value is -1.29. The van der Waals surface area contributed by atoms with Crippen molar-refractivity contribution in [3.05, 3.63) is 18.2 Å². The van der Waals surface area contributed by atoms with Crippen LogP contribution in [0.1, 0.15) is 25.7 Å². The molecule has 94 valence electrons. The van der Waals surface area contributed by atoms with Gasteiger partial charge in [0.2, 0.25) is 0 Å². The highest BCUT2D eigenvalue weighted by molar-refractivity contribution is 5.47. The van der Waals surface area contributed by atoms with E-state index in [0.29, 0.717) is 0 Å². The maximum atomic E-state index is 10.0. The lowest BCUT2D eigenvalue weighted by Crippen LogP contribution is -2.43. The Balaban J connectivity index is 2.14. The van der Waals surface area contributed by atoms with Gasteiger partial charge in [-0.3, -0.25) is 0 Å². The summed E-state index contributed by atoms with van der Waals surface area (Å²) >= 11 is 0. The zero-order chi connectivity index (χ0) is 12.3. The molecule has 0 saturated heterocycles. The topological polar surface area (TPSA) is 48.4 Å². The highest BCUT2D eigenvalue weighted by Gasteiger charge is 2.27. The molecule has 2 unspecified atom stereocenters. The third-order valence-corrected chi connectivity index (χ3v) is 3.54. The largest absolute Gasteiger partial charge is 0.391 e. The third-order valence-electron chi connectivity index (χ3n) is 3.54. The molecule has 2 atom stereocenters. The van der Waals surface area contributed by atoms with Crippen molar-refractivity contribution < 1.29 is 5.11 Å². The molecule has 1 aromatic heterocycles. The molecule has 1 heterocycles. The second kappa shape index (κ2) is 5.36. The third kappa shape index (κ3) is 2.69. The Bertz CT molecular complexity index is 369. The highest BCUT2D eigenvalue weighted by atomic mass is 16.3.